The summed E-state index contributed by atoms with van der Waals surface area (Å²) in [6, 6.07) is -1.35. The smallest absolute Gasteiger partial charge is 0.312 e. The number of carbonyl (C=O) groups is 2. The number of aliphatic hydroxyl groups is 1. The topological polar surface area (TPSA) is 104 Å². The van der Waals surface area contributed by atoms with E-state index in [1.54, 1.807) is 13.8 Å². The molecule has 3 amide bonds. The molecule has 0 aromatic heterocycles. The molecule has 0 aliphatic carbocycles. The van der Waals surface area contributed by atoms with Gasteiger partial charge in [0.25, 0.3) is 0 Å². The Morgan fingerprint density at radius 3 is 2.47 bits per heavy atom. The molecule has 0 aromatic carbocycles. The second kappa shape index (κ2) is 7.05. The lowest BCUT2D eigenvalue weighted by atomic mass is 10.2. The van der Waals surface area contributed by atoms with E-state index in [9.17, 15) is 9.59 Å². The van der Waals surface area contributed by atoms with Crippen LogP contribution in [0.4, 0.5) is 4.79 Å². The minimum Gasteiger partial charge on any atom is -0.393 e. The zero-order valence-electron chi connectivity index (χ0n) is 9.12. The van der Waals surface area contributed by atoms with Crippen LogP contribution in [-0.4, -0.2) is 35.7 Å². The van der Waals surface area contributed by atoms with E-state index in [1.165, 1.54) is 0 Å². The number of urea groups is 1. The summed E-state index contributed by atoms with van der Waals surface area (Å²) in [5.74, 6) is -0.278. The molecule has 0 radical (unpaired) electrons. The third kappa shape index (κ3) is 7.75. The highest BCUT2D eigenvalue weighted by Gasteiger charge is 2.12. The van der Waals surface area contributed by atoms with Crippen molar-refractivity contribution < 1.29 is 14.7 Å². The fourth-order valence-electron chi connectivity index (χ4n) is 1.04. The molecule has 0 rings (SSSR count). The number of amides is 3. The summed E-state index contributed by atoms with van der Waals surface area (Å²) in [6.45, 7) is 3.72. The van der Waals surface area contributed by atoms with Gasteiger partial charge >= 0.3 is 6.03 Å². The van der Waals surface area contributed by atoms with Crippen LogP contribution in [0, 0.1) is 0 Å². The SMILES string of the molecule is CC(O)CCCNC(=O)C(C)NC(N)=O. The van der Waals surface area contributed by atoms with E-state index in [1.807, 2.05) is 0 Å². The average molecular weight is 217 g/mol. The Morgan fingerprint density at radius 2 is 2.00 bits per heavy atom. The maximum absolute atomic E-state index is 11.3. The van der Waals surface area contributed by atoms with Crippen molar-refractivity contribution in [2.45, 2.75) is 38.8 Å². The van der Waals surface area contributed by atoms with Crippen molar-refractivity contribution in [3.63, 3.8) is 0 Å². The van der Waals surface area contributed by atoms with Gasteiger partial charge in [-0.1, -0.05) is 0 Å². The van der Waals surface area contributed by atoms with Crippen molar-refractivity contribution in [2.24, 2.45) is 5.73 Å². The molecule has 0 aliphatic heterocycles. The first kappa shape index (κ1) is 13.7. The highest BCUT2D eigenvalue weighted by molar-refractivity contribution is 5.86. The van der Waals surface area contributed by atoms with Gasteiger partial charge in [-0.05, 0) is 26.7 Å². The van der Waals surface area contributed by atoms with Crippen molar-refractivity contribution in [3.05, 3.63) is 0 Å². The molecule has 0 aromatic rings. The summed E-state index contributed by atoms with van der Waals surface area (Å²) >= 11 is 0. The average Bonchev–Trinajstić information content (AvgIpc) is 2.10. The van der Waals surface area contributed by atoms with Gasteiger partial charge in [0, 0.05) is 6.54 Å². The Kier molecular flexibility index (Phi) is 6.44. The minimum absolute atomic E-state index is 0.278. The van der Waals surface area contributed by atoms with Crippen molar-refractivity contribution in [1.82, 2.24) is 10.6 Å². The Balaban J connectivity index is 3.60. The molecule has 2 unspecified atom stereocenters. The zero-order chi connectivity index (χ0) is 11.8. The second-order valence-electron chi connectivity index (χ2n) is 3.51. The van der Waals surface area contributed by atoms with Gasteiger partial charge in [-0.2, -0.15) is 0 Å². The van der Waals surface area contributed by atoms with Gasteiger partial charge in [0.05, 0.1) is 6.10 Å². The lowest BCUT2D eigenvalue weighted by Gasteiger charge is -2.12. The fraction of sp³-hybridized carbons (Fsp3) is 0.778. The first-order valence-corrected chi connectivity index (χ1v) is 4.95. The number of carbonyl (C=O) groups excluding carboxylic acids is 2. The van der Waals surface area contributed by atoms with Gasteiger partial charge in [-0.15, -0.1) is 0 Å². The fourth-order valence-corrected chi connectivity index (χ4v) is 1.04. The van der Waals surface area contributed by atoms with Crippen molar-refractivity contribution >= 4 is 11.9 Å². The van der Waals surface area contributed by atoms with E-state index in [0.29, 0.717) is 19.4 Å². The van der Waals surface area contributed by atoms with E-state index in [2.05, 4.69) is 10.6 Å². The molecule has 15 heavy (non-hydrogen) atoms. The summed E-state index contributed by atoms with van der Waals surface area (Å²) in [4.78, 5) is 21.7. The third-order valence-electron chi connectivity index (χ3n) is 1.85. The summed E-state index contributed by atoms with van der Waals surface area (Å²) in [5.41, 5.74) is 4.86. The van der Waals surface area contributed by atoms with Crippen molar-refractivity contribution in [2.75, 3.05) is 6.54 Å². The molecule has 0 fully saturated rings. The molecule has 6 heteroatoms. The molecular formula is C9H19N3O3. The molecule has 0 heterocycles. The summed E-state index contributed by atoms with van der Waals surface area (Å²) in [6.07, 6.45) is 0.980. The molecule has 0 aliphatic rings. The number of rotatable bonds is 6. The van der Waals surface area contributed by atoms with Crippen molar-refractivity contribution in [3.8, 4) is 0 Å². The summed E-state index contributed by atoms with van der Waals surface area (Å²) < 4.78 is 0. The molecule has 0 saturated carbocycles. The number of aliphatic hydroxyl groups excluding tert-OH is 1. The van der Waals surface area contributed by atoms with Crippen LogP contribution >= 0.6 is 0 Å². The number of primary amides is 1. The van der Waals surface area contributed by atoms with E-state index in [-0.39, 0.29) is 12.0 Å². The number of hydrogen-bond acceptors (Lipinski definition) is 3. The molecular weight excluding hydrogens is 198 g/mol. The Morgan fingerprint density at radius 1 is 1.40 bits per heavy atom. The normalized spacial score (nSPS) is 14.1. The quantitative estimate of drug-likeness (QED) is 0.443. The van der Waals surface area contributed by atoms with Crippen LogP contribution in [0.1, 0.15) is 26.7 Å². The number of nitrogens with one attached hydrogen (secondary N) is 2. The standard InChI is InChI=1S/C9H19N3O3/c1-6(13)4-3-5-11-8(14)7(2)12-9(10)15/h6-7,13H,3-5H2,1-2H3,(H,11,14)(H3,10,12,15). The van der Waals surface area contributed by atoms with Crippen LogP contribution in [0.25, 0.3) is 0 Å². The molecule has 6 nitrogen and oxygen atoms in total. The van der Waals surface area contributed by atoms with Crippen LogP contribution in [0.5, 0.6) is 0 Å². The molecule has 0 bridgehead atoms. The lowest BCUT2D eigenvalue weighted by Crippen LogP contribution is -2.46. The predicted molar refractivity (Wildman–Crippen MR) is 56.1 cm³/mol. The summed E-state index contributed by atoms with van der Waals surface area (Å²) in [7, 11) is 0. The molecule has 5 N–H and O–H groups in total. The van der Waals surface area contributed by atoms with Gasteiger partial charge in [0.2, 0.25) is 5.91 Å². The Bertz CT molecular complexity index is 219. The second-order valence-corrected chi connectivity index (χ2v) is 3.51. The van der Waals surface area contributed by atoms with Gasteiger partial charge in [-0.25, -0.2) is 4.79 Å². The highest BCUT2D eigenvalue weighted by atomic mass is 16.3. The molecule has 88 valence electrons. The Labute approximate surface area is 89.2 Å². The molecule has 2 atom stereocenters. The predicted octanol–water partition coefficient (Wildman–Crippen LogP) is -0.680. The third-order valence-corrected chi connectivity index (χ3v) is 1.85. The van der Waals surface area contributed by atoms with Gasteiger partial charge in [0.1, 0.15) is 6.04 Å². The van der Waals surface area contributed by atoms with Crippen molar-refractivity contribution in [1.29, 1.82) is 0 Å². The lowest BCUT2D eigenvalue weighted by molar-refractivity contribution is -0.122. The van der Waals surface area contributed by atoms with Crippen LogP contribution in [0.2, 0.25) is 0 Å². The van der Waals surface area contributed by atoms with E-state index < -0.39 is 12.1 Å². The van der Waals surface area contributed by atoms with E-state index >= 15 is 0 Å². The molecule has 0 saturated heterocycles. The van der Waals surface area contributed by atoms with Gasteiger partial charge in [-0.3, -0.25) is 4.79 Å². The monoisotopic (exact) mass is 217 g/mol. The number of nitrogens with two attached hydrogens (primary N) is 1. The summed E-state index contributed by atoms with van der Waals surface area (Å²) in [5, 5.41) is 13.9. The first-order valence-electron chi connectivity index (χ1n) is 4.95. The van der Waals surface area contributed by atoms with Gasteiger partial charge < -0.3 is 21.5 Å². The maximum atomic E-state index is 11.3. The molecule has 0 spiro atoms. The largest absolute Gasteiger partial charge is 0.393 e. The Hall–Kier alpha value is -1.30. The number of hydrogen-bond donors (Lipinski definition) is 4. The van der Waals surface area contributed by atoms with Crippen LogP contribution < -0.4 is 16.4 Å². The maximum Gasteiger partial charge on any atom is 0.312 e. The van der Waals surface area contributed by atoms with Crippen LogP contribution in [-0.2, 0) is 4.79 Å². The van der Waals surface area contributed by atoms with Gasteiger partial charge in [0.15, 0.2) is 0 Å². The zero-order valence-corrected chi connectivity index (χ0v) is 9.12. The van der Waals surface area contributed by atoms with Crippen LogP contribution in [0.15, 0.2) is 0 Å². The van der Waals surface area contributed by atoms with E-state index in [0.717, 1.165) is 0 Å². The first-order chi connectivity index (χ1) is 6.93. The van der Waals surface area contributed by atoms with Crippen LogP contribution in [0.3, 0.4) is 0 Å². The minimum atomic E-state index is -0.721. The highest BCUT2D eigenvalue weighted by Crippen LogP contribution is 1.93. The van der Waals surface area contributed by atoms with E-state index in [4.69, 9.17) is 10.8 Å².